The molecule has 6 aromatic carbocycles. The Morgan fingerprint density at radius 1 is 0.425 bits per heavy atom. The minimum atomic E-state index is -4.63. The third-order valence-corrected chi connectivity index (χ3v) is 24.1. The lowest BCUT2D eigenvalue weighted by Gasteiger charge is -2.20. The first kappa shape index (κ1) is 76.5. The summed E-state index contributed by atoms with van der Waals surface area (Å²) in [6.07, 6.45) is -1.64. The van der Waals surface area contributed by atoms with Crippen molar-refractivity contribution in [3.05, 3.63) is 137 Å². The van der Waals surface area contributed by atoms with Crippen LogP contribution in [0.5, 0.6) is 5.75 Å². The summed E-state index contributed by atoms with van der Waals surface area (Å²) >= 11 is 0. The third-order valence-electron chi connectivity index (χ3n) is 12.3. The standard InChI is InChI=1S/C11H14F3NO2S.C11H17NO2S.2C10H15NO2S.C9H11NO3S.C8H11NO2S/c1-10(2,3)18(16,17)9-5-7(11(12,13)14)4-8(15)6-9;1-8-5-9(12)7-10(6-8)15(13,14)11(2,3)4;1-7(2)14(12,13)10-5-8(3)4-9(11)6-10;1-10(2,3)14(12,13)9-6-4-5-8(11)7-9;1-14(11,12)9-5-6(10)4-8-7(9)2-3-13-8;1-6-3-7(9)5-8(4-6)12(2,10)11/h4-6H,15H2,1-3H3;5-7H,12H2,1-4H3;2*4-7H,11H2,1-3H3;4-5H,2-3,10H2,1H3;3-5H,9H2,1-2H3. The molecule has 484 valence electrons. The number of nitrogen functional groups attached to an aromatic ring is 6. The Kier molecular flexibility index (Phi) is 24.9. The van der Waals surface area contributed by atoms with Gasteiger partial charge in [0.15, 0.2) is 59.0 Å². The molecule has 28 heteroatoms. The molecule has 19 nitrogen and oxygen atoms in total. The summed E-state index contributed by atoms with van der Waals surface area (Å²) in [6, 6.07) is 26.5. The molecule has 1 aliphatic heterocycles. The van der Waals surface area contributed by atoms with E-state index in [4.69, 9.17) is 39.1 Å². The highest BCUT2D eigenvalue weighted by atomic mass is 32.2. The van der Waals surface area contributed by atoms with Crippen LogP contribution in [0.25, 0.3) is 0 Å². The zero-order valence-corrected chi connectivity index (χ0v) is 56.6. The summed E-state index contributed by atoms with van der Waals surface area (Å²) in [5, 5.41) is -0.413. The molecule has 1 aliphatic rings. The fourth-order valence-corrected chi connectivity index (χ4v) is 14.2. The van der Waals surface area contributed by atoms with E-state index < -0.39 is 95.1 Å². The van der Waals surface area contributed by atoms with E-state index in [0.717, 1.165) is 28.3 Å². The molecule has 12 N–H and O–H groups in total. The first-order valence-corrected chi connectivity index (χ1v) is 36.1. The highest BCUT2D eigenvalue weighted by Crippen LogP contribution is 2.36. The van der Waals surface area contributed by atoms with Crippen LogP contribution < -0.4 is 39.1 Å². The van der Waals surface area contributed by atoms with Crippen LogP contribution in [0.4, 0.5) is 47.3 Å². The molecule has 0 bridgehead atoms. The quantitative estimate of drug-likeness (QED) is 0.0809. The molecule has 0 aliphatic carbocycles. The number of fused-ring (bicyclic) bond motifs is 1. The molecule has 0 fully saturated rings. The highest BCUT2D eigenvalue weighted by molar-refractivity contribution is 7.93. The molecule has 0 atom stereocenters. The SMILES string of the molecule is CC(C)(C)S(=O)(=O)c1cc(N)cc(C(F)(F)F)c1.CC(C)(C)S(=O)(=O)c1cccc(N)c1.CS(=O)(=O)c1cc(N)cc2c1CCO2.Cc1cc(N)cc(S(=O)(=O)C(C)(C)C)c1.Cc1cc(N)cc(S(=O)(=O)C(C)C)c1.Cc1cc(N)cc(S(C)(=O)=O)c1. The lowest BCUT2D eigenvalue weighted by Crippen LogP contribution is -2.28. The van der Waals surface area contributed by atoms with Crippen LogP contribution in [-0.4, -0.2) is 89.1 Å². The maximum absolute atomic E-state index is 12.6. The van der Waals surface area contributed by atoms with E-state index in [9.17, 15) is 63.7 Å². The number of halogens is 3. The zero-order chi connectivity index (χ0) is 67.8. The highest BCUT2D eigenvalue weighted by Gasteiger charge is 2.36. The number of alkyl halides is 3. The average molecular weight is 1330 g/mol. The van der Waals surface area contributed by atoms with Crippen molar-refractivity contribution < 1.29 is 68.4 Å². The van der Waals surface area contributed by atoms with Gasteiger partial charge in [0, 0.05) is 64.7 Å². The predicted molar refractivity (Wildman–Crippen MR) is 343 cm³/mol. The van der Waals surface area contributed by atoms with Gasteiger partial charge in [-0.25, -0.2) is 50.5 Å². The van der Waals surface area contributed by atoms with E-state index in [1.807, 2.05) is 20.8 Å². The minimum absolute atomic E-state index is 0.229. The number of sulfone groups is 6. The van der Waals surface area contributed by atoms with Crippen molar-refractivity contribution in [2.45, 2.75) is 158 Å². The van der Waals surface area contributed by atoms with Gasteiger partial charge in [0.1, 0.15) is 5.75 Å². The van der Waals surface area contributed by atoms with E-state index in [1.165, 1.54) is 63.6 Å². The van der Waals surface area contributed by atoms with Crippen molar-refractivity contribution in [2.24, 2.45) is 0 Å². The Labute approximate surface area is 513 Å². The van der Waals surface area contributed by atoms with E-state index in [1.54, 1.807) is 116 Å². The molecule has 7 rings (SSSR count). The van der Waals surface area contributed by atoms with E-state index >= 15 is 0 Å². The summed E-state index contributed by atoms with van der Waals surface area (Å²) in [7, 11) is -20.0. The second kappa shape index (κ2) is 28.3. The summed E-state index contributed by atoms with van der Waals surface area (Å²) in [5.74, 6) is 0.602. The van der Waals surface area contributed by atoms with Crippen molar-refractivity contribution in [1.29, 1.82) is 0 Å². The van der Waals surface area contributed by atoms with Gasteiger partial charge in [0.05, 0.1) is 61.0 Å². The molecule has 87 heavy (non-hydrogen) atoms. The fourth-order valence-electron chi connectivity index (χ4n) is 7.43. The minimum Gasteiger partial charge on any atom is -0.493 e. The first-order chi connectivity index (χ1) is 39.0. The summed E-state index contributed by atoms with van der Waals surface area (Å²) in [6.45, 7) is 23.6. The molecule has 0 radical (unpaired) electrons. The van der Waals surface area contributed by atoms with E-state index in [-0.39, 0.29) is 15.5 Å². The summed E-state index contributed by atoms with van der Waals surface area (Å²) < 4.78 is 181. The normalized spacial score (nSPS) is 13.0. The Morgan fingerprint density at radius 2 is 0.782 bits per heavy atom. The number of nitrogens with two attached hydrogens (primary N) is 6. The van der Waals surface area contributed by atoms with Gasteiger partial charge in [-0.1, -0.05) is 6.07 Å². The third kappa shape index (κ3) is 21.6. The lowest BCUT2D eigenvalue weighted by atomic mass is 10.1. The van der Waals surface area contributed by atoms with Gasteiger partial charge >= 0.3 is 6.18 Å². The van der Waals surface area contributed by atoms with Gasteiger partial charge in [0.2, 0.25) is 0 Å². The number of hydrogen-bond donors (Lipinski definition) is 6. The maximum Gasteiger partial charge on any atom is 0.416 e. The van der Waals surface area contributed by atoms with Crippen molar-refractivity contribution in [1.82, 2.24) is 0 Å². The summed E-state index contributed by atoms with van der Waals surface area (Å²) in [5.41, 5.74) is 37.6. The van der Waals surface area contributed by atoms with Crippen LogP contribution in [0.2, 0.25) is 0 Å². The lowest BCUT2D eigenvalue weighted by molar-refractivity contribution is -0.137. The number of ether oxygens (including phenoxy) is 1. The maximum atomic E-state index is 12.6. The number of hydrogen-bond acceptors (Lipinski definition) is 19. The van der Waals surface area contributed by atoms with Gasteiger partial charge in [-0.3, -0.25) is 0 Å². The van der Waals surface area contributed by atoms with Crippen molar-refractivity contribution in [3.8, 4) is 5.75 Å². The largest absolute Gasteiger partial charge is 0.493 e. The van der Waals surface area contributed by atoms with Crippen molar-refractivity contribution >= 4 is 93.1 Å². The Bertz CT molecular complexity index is 4100. The molecule has 6 aromatic rings. The van der Waals surface area contributed by atoms with Crippen molar-refractivity contribution in [2.75, 3.05) is 53.5 Å². The second-order valence-corrected chi connectivity index (χ2v) is 38.3. The van der Waals surface area contributed by atoms with Gasteiger partial charge in [-0.2, -0.15) is 13.2 Å². The van der Waals surface area contributed by atoms with Gasteiger partial charge in [-0.15, -0.1) is 0 Å². The molecular weight excluding hydrogens is 1250 g/mol. The van der Waals surface area contributed by atoms with Gasteiger partial charge < -0.3 is 39.1 Å². The fraction of sp³-hybridized carbons (Fsp3) is 0.390. The monoisotopic (exact) mass is 1330 g/mol. The van der Waals surface area contributed by atoms with E-state index in [2.05, 4.69) is 0 Å². The predicted octanol–water partition coefficient (Wildman–Crippen LogP) is 10.2. The van der Waals surface area contributed by atoms with Crippen LogP contribution >= 0.6 is 0 Å². The van der Waals surface area contributed by atoms with Crippen LogP contribution in [0.1, 0.15) is 104 Å². The van der Waals surface area contributed by atoms with Crippen LogP contribution in [0, 0.1) is 20.8 Å². The molecule has 0 saturated carbocycles. The molecular formula is C59H83F3N6O13S6. The number of rotatable bonds is 7. The van der Waals surface area contributed by atoms with Crippen LogP contribution in [-0.2, 0) is 71.6 Å². The first-order valence-electron chi connectivity index (χ1n) is 26.3. The van der Waals surface area contributed by atoms with Crippen LogP contribution in [0.15, 0.2) is 139 Å². The van der Waals surface area contributed by atoms with Gasteiger partial charge in [-0.05, 0) is 211 Å². The number of aryl methyl sites for hydroxylation is 3. The molecule has 0 unspecified atom stereocenters. The molecule has 0 aromatic heterocycles. The smallest absolute Gasteiger partial charge is 0.416 e. The number of anilines is 6. The molecule has 1 heterocycles. The van der Waals surface area contributed by atoms with E-state index in [0.29, 0.717) is 74.0 Å². The summed E-state index contributed by atoms with van der Waals surface area (Å²) in [4.78, 5) is 1.05. The second-order valence-electron chi connectivity index (χ2n) is 23.7. The molecule has 0 saturated heterocycles. The van der Waals surface area contributed by atoms with Crippen LogP contribution in [0.3, 0.4) is 0 Å². The zero-order valence-electron chi connectivity index (χ0n) is 51.7. The van der Waals surface area contributed by atoms with Gasteiger partial charge in [0.25, 0.3) is 0 Å². The van der Waals surface area contributed by atoms with Crippen molar-refractivity contribution in [3.63, 3.8) is 0 Å². The molecule has 0 amide bonds. The molecule has 0 spiro atoms. The topological polar surface area (TPSA) is 370 Å². The Hall–Kier alpha value is -6.59. The Balaban J connectivity index is 0.000000357. The Morgan fingerprint density at radius 3 is 1.16 bits per heavy atom. The average Bonchev–Trinajstić information content (AvgIpc) is 1.91. The number of benzene rings is 6.